The van der Waals surface area contributed by atoms with Crippen LogP contribution in [0.4, 0.5) is 0 Å². The summed E-state index contributed by atoms with van der Waals surface area (Å²) in [4.78, 5) is 28.4. The molecule has 160 valence electrons. The Kier molecular flexibility index (Phi) is 8.23. The molecule has 0 aliphatic carbocycles. The van der Waals surface area contributed by atoms with Gasteiger partial charge in [0.15, 0.2) is 0 Å². The second-order valence-electron chi connectivity index (χ2n) is 7.63. The van der Waals surface area contributed by atoms with Crippen LogP contribution in [0.15, 0.2) is 54.6 Å². The number of thioether (sulfide) groups is 1. The summed E-state index contributed by atoms with van der Waals surface area (Å²) in [5.74, 6) is 0.317. The molecule has 0 bridgehead atoms. The van der Waals surface area contributed by atoms with E-state index in [9.17, 15) is 9.59 Å². The first kappa shape index (κ1) is 22.7. The van der Waals surface area contributed by atoms with Gasteiger partial charge in [-0.1, -0.05) is 80.3 Å². The Hall–Kier alpha value is -1.98. The highest BCUT2D eigenvalue weighted by molar-refractivity contribution is 8.00. The van der Waals surface area contributed by atoms with Gasteiger partial charge in [0.05, 0.1) is 22.0 Å². The van der Waals surface area contributed by atoms with Gasteiger partial charge in [-0.25, -0.2) is 0 Å². The van der Waals surface area contributed by atoms with E-state index in [-0.39, 0.29) is 23.2 Å². The van der Waals surface area contributed by atoms with Crippen LogP contribution in [-0.2, 0) is 4.79 Å². The van der Waals surface area contributed by atoms with Crippen LogP contribution in [0.5, 0.6) is 0 Å². The summed E-state index contributed by atoms with van der Waals surface area (Å²) in [5.41, 5.74) is 1.50. The molecular weight excluding hydrogens is 416 g/mol. The first-order valence-corrected chi connectivity index (χ1v) is 12.0. The lowest BCUT2D eigenvalue weighted by atomic mass is 10.1. The number of halogens is 1. The average molecular weight is 445 g/mol. The molecule has 4 nitrogen and oxygen atoms in total. The van der Waals surface area contributed by atoms with Crippen LogP contribution in [0.2, 0.25) is 5.02 Å². The van der Waals surface area contributed by atoms with Gasteiger partial charge in [-0.15, -0.1) is 11.8 Å². The van der Waals surface area contributed by atoms with E-state index < -0.39 is 6.04 Å². The molecule has 2 aromatic carbocycles. The Labute approximate surface area is 188 Å². The third-order valence-electron chi connectivity index (χ3n) is 5.45. The van der Waals surface area contributed by atoms with E-state index in [0.717, 1.165) is 31.2 Å². The van der Waals surface area contributed by atoms with Crippen molar-refractivity contribution in [2.45, 2.75) is 57.0 Å². The quantitative estimate of drug-likeness (QED) is 0.532. The Morgan fingerprint density at radius 2 is 1.83 bits per heavy atom. The third kappa shape index (κ3) is 5.38. The van der Waals surface area contributed by atoms with Crippen molar-refractivity contribution in [1.29, 1.82) is 0 Å². The second-order valence-corrected chi connectivity index (χ2v) is 9.25. The molecule has 3 unspecified atom stereocenters. The van der Waals surface area contributed by atoms with E-state index in [1.807, 2.05) is 43.3 Å². The Balaban J connectivity index is 1.79. The molecule has 0 spiro atoms. The normalized spacial score (nSPS) is 19.5. The molecule has 0 aromatic heterocycles. The van der Waals surface area contributed by atoms with Gasteiger partial charge in [0.2, 0.25) is 5.91 Å². The summed E-state index contributed by atoms with van der Waals surface area (Å²) in [6, 6.07) is 16.3. The van der Waals surface area contributed by atoms with Crippen LogP contribution >= 0.6 is 23.4 Å². The number of carbonyl (C=O) groups is 2. The predicted octanol–water partition coefficient (Wildman–Crippen LogP) is 5.68. The van der Waals surface area contributed by atoms with Gasteiger partial charge in [0.1, 0.15) is 6.04 Å². The minimum atomic E-state index is -0.503. The maximum atomic E-state index is 13.4. The second kappa shape index (κ2) is 10.9. The number of rotatable bonds is 8. The van der Waals surface area contributed by atoms with Gasteiger partial charge < -0.3 is 10.2 Å². The lowest BCUT2D eigenvalue weighted by Crippen LogP contribution is -2.50. The molecule has 2 amide bonds. The maximum Gasteiger partial charge on any atom is 0.256 e. The third-order valence-corrected chi connectivity index (χ3v) is 7.13. The molecule has 0 radical (unpaired) electrons. The number of benzene rings is 2. The van der Waals surface area contributed by atoms with Crippen LogP contribution in [0.1, 0.15) is 61.5 Å². The molecule has 3 rings (SSSR count). The molecule has 1 heterocycles. The number of carbonyl (C=O) groups excluding carboxylic acids is 2. The van der Waals surface area contributed by atoms with Crippen LogP contribution in [-0.4, -0.2) is 33.9 Å². The first-order valence-electron chi connectivity index (χ1n) is 10.6. The van der Waals surface area contributed by atoms with Crippen LogP contribution in [0, 0.1) is 0 Å². The van der Waals surface area contributed by atoms with Crippen molar-refractivity contribution in [3.05, 3.63) is 70.7 Å². The first-order chi connectivity index (χ1) is 14.5. The fraction of sp³-hybridized carbons (Fsp3) is 0.417. The minimum absolute atomic E-state index is 0.0110. The Bertz CT molecular complexity index is 861. The molecule has 1 aliphatic heterocycles. The topological polar surface area (TPSA) is 49.4 Å². The summed E-state index contributed by atoms with van der Waals surface area (Å²) >= 11 is 8.00. The van der Waals surface area contributed by atoms with Crippen LogP contribution in [0.3, 0.4) is 0 Å². The van der Waals surface area contributed by atoms with E-state index in [1.54, 1.807) is 34.9 Å². The monoisotopic (exact) mass is 444 g/mol. The summed E-state index contributed by atoms with van der Waals surface area (Å²) in [7, 11) is 0. The van der Waals surface area contributed by atoms with E-state index in [2.05, 4.69) is 12.2 Å². The molecule has 2 aromatic rings. The minimum Gasteiger partial charge on any atom is -0.348 e. The molecule has 1 fully saturated rings. The van der Waals surface area contributed by atoms with Crippen molar-refractivity contribution >= 4 is 35.2 Å². The van der Waals surface area contributed by atoms with Gasteiger partial charge >= 0.3 is 0 Å². The zero-order valence-electron chi connectivity index (χ0n) is 17.5. The van der Waals surface area contributed by atoms with Gasteiger partial charge in [-0.3, -0.25) is 9.59 Å². The Morgan fingerprint density at radius 1 is 1.13 bits per heavy atom. The average Bonchev–Trinajstić information content (AvgIpc) is 3.18. The van der Waals surface area contributed by atoms with Crippen LogP contribution < -0.4 is 5.32 Å². The maximum absolute atomic E-state index is 13.4. The fourth-order valence-electron chi connectivity index (χ4n) is 3.74. The van der Waals surface area contributed by atoms with Crippen molar-refractivity contribution < 1.29 is 9.59 Å². The number of nitrogens with zero attached hydrogens (tertiary/aromatic N) is 1. The molecule has 1 saturated heterocycles. The predicted molar refractivity (Wildman–Crippen MR) is 125 cm³/mol. The standard InChI is InChI=1S/C24H29ClN2O2S/c1-3-4-6-15-22-27(24(29)19-13-9-10-14-20(19)25)21(16-30-22)23(28)26-17(2)18-11-7-5-8-12-18/h5,7-14,17,21-22H,3-4,6,15-16H2,1-2H3,(H,26,28). The largest absolute Gasteiger partial charge is 0.348 e. The Morgan fingerprint density at radius 3 is 2.53 bits per heavy atom. The van der Waals surface area contributed by atoms with E-state index in [0.29, 0.717) is 16.3 Å². The number of amides is 2. The van der Waals surface area contributed by atoms with Crippen molar-refractivity contribution in [2.24, 2.45) is 0 Å². The highest BCUT2D eigenvalue weighted by Crippen LogP contribution is 2.35. The highest BCUT2D eigenvalue weighted by Gasteiger charge is 2.42. The molecule has 1 N–H and O–H groups in total. The van der Waals surface area contributed by atoms with E-state index >= 15 is 0 Å². The van der Waals surface area contributed by atoms with Gasteiger partial charge in [-0.2, -0.15) is 0 Å². The van der Waals surface area contributed by atoms with E-state index in [1.165, 1.54) is 0 Å². The van der Waals surface area contributed by atoms with Crippen molar-refractivity contribution in [2.75, 3.05) is 5.75 Å². The summed E-state index contributed by atoms with van der Waals surface area (Å²) < 4.78 is 0. The zero-order valence-corrected chi connectivity index (χ0v) is 19.1. The molecular formula is C24H29ClN2O2S. The molecule has 30 heavy (non-hydrogen) atoms. The zero-order chi connectivity index (χ0) is 21.5. The lowest BCUT2D eigenvalue weighted by Gasteiger charge is -2.30. The lowest BCUT2D eigenvalue weighted by molar-refractivity contribution is -0.125. The van der Waals surface area contributed by atoms with Gasteiger partial charge in [0, 0.05) is 5.75 Å². The molecule has 0 saturated carbocycles. The van der Waals surface area contributed by atoms with Crippen LogP contribution in [0.25, 0.3) is 0 Å². The van der Waals surface area contributed by atoms with Crippen molar-refractivity contribution in [3.8, 4) is 0 Å². The number of hydrogen-bond donors (Lipinski definition) is 1. The van der Waals surface area contributed by atoms with Crippen molar-refractivity contribution in [1.82, 2.24) is 10.2 Å². The summed E-state index contributed by atoms with van der Waals surface area (Å²) in [5, 5.41) is 3.51. The summed E-state index contributed by atoms with van der Waals surface area (Å²) in [6.07, 6.45) is 4.16. The SMILES string of the molecule is CCCCCC1SCC(C(=O)NC(C)c2ccccc2)N1C(=O)c1ccccc1Cl. The molecule has 3 atom stereocenters. The highest BCUT2D eigenvalue weighted by atomic mass is 35.5. The molecule has 6 heteroatoms. The fourth-order valence-corrected chi connectivity index (χ4v) is 5.41. The number of hydrogen-bond acceptors (Lipinski definition) is 3. The van der Waals surface area contributed by atoms with Gasteiger partial charge in [-0.05, 0) is 31.0 Å². The number of unbranched alkanes of at least 4 members (excludes halogenated alkanes) is 2. The van der Waals surface area contributed by atoms with E-state index in [4.69, 9.17) is 11.6 Å². The molecule has 1 aliphatic rings. The summed E-state index contributed by atoms with van der Waals surface area (Å²) in [6.45, 7) is 4.13. The van der Waals surface area contributed by atoms with Crippen molar-refractivity contribution in [3.63, 3.8) is 0 Å². The van der Waals surface area contributed by atoms with Gasteiger partial charge in [0.25, 0.3) is 5.91 Å². The smallest absolute Gasteiger partial charge is 0.256 e. The number of nitrogens with one attached hydrogen (secondary N) is 1.